The zero-order chi connectivity index (χ0) is 16.0. The van der Waals surface area contributed by atoms with Crippen LogP contribution in [0.5, 0.6) is 0 Å². The maximum atomic E-state index is 11.8. The third-order valence-corrected chi connectivity index (χ3v) is 3.55. The van der Waals surface area contributed by atoms with Crippen LogP contribution in [0.4, 0.5) is 5.69 Å². The highest BCUT2D eigenvalue weighted by Gasteiger charge is 2.15. The molecule has 0 heterocycles. The number of nitro groups is 1. The van der Waals surface area contributed by atoms with Crippen molar-refractivity contribution in [3.8, 4) is 0 Å². The van der Waals surface area contributed by atoms with Gasteiger partial charge in [-0.2, -0.15) is 0 Å². The Labute approximate surface area is 132 Å². The van der Waals surface area contributed by atoms with E-state index < -0.39 is 4.92 Å². The molecule has 0 spiro atoms. The third kappa shape index (κ3) is 5.81. The predicted octanol–water partition coefficient (Wildman–Crippen LogP) is 2.70. The summed E-state index contributed by atoms with van der Waals surface area (Å²) in [6.07, 6.45) is 0. The number of nitro benzene ring substituents is 1. The number of carbonyl (C=O) groups is 1. The summed E-state index contributed by atoms with van der Waals surface area (Å²) >= 11 is 3.16. The van der Waals surface area contributed by atoms with Gasteiger partial charge in [0.25, 0.3) is 5.69 Å². The lowest BCUT2D eigenvalue weighted by atomic mass is 10.2. The predicted molar refractivity (Wildman–Crippen MR) is 85.0 cm³/mol. The number of carbonyl (C=O) groups excluding carboxylic acids is 1. The molecule has 0 saturated heterocycles. The lowest BCUT2D eigenvalue weighted by Gasteiger charge is -2.20. The Morgan fingerprint density at radius 1 is 1.48 bits per heavy atom. The second kappa shape index (κ2) is 8.09. The number of amides is 1. The fourth-order valence-corrected chi connectivity index (χ4v) is 2.30. The Bertz CT molecular complexity index is 520. The number of benzene rings is 1. The van der Waals surface area contributed by atoms with Crippen LogP contribution in [0.2, 0.25) is 0 Å². The molecule has 0 aliphatic carbocycles. The average Bonchev–Trinajstić information content (AvgIpc) is 2.38. The molecule has 6 nitrogen and oxygen atoms in total. The normalized spacial score (nSPS) is 11.0. The number of rotatable bonds is 7. The van der Waals surface area contributed by atoms with Crippen LogP contribution in [-0.2, 0) is 11.3 Å². The van der Waals surface area contributed by atoms with Crippen LogP contribution < -0.4 is 5.32 Å². The Morgan fingerprint density at radius 2 is 2.14 bits per heavy atom. The first-order valence-electron chi connectivity index (χ1n) is 6.78. The number of likely N-dealkylation sites (N-methyl/N-ethyl adjacent to an activating group) is 1. The maximum absolute atomic E-state index is 11.8. The first-order valence-corrected chi connectivity index (χ1v) is 7.57. The minimum Gasteiger partial charge on any atom is -0.353 e. The molecule has 7 heteroatoms. The van der Waals surface area contributed by atoms with Gasteiger partial charge < -0.3 is 5.32 Å². The van der Waals surface area contributed by atoms with E-state index >= 15 is 0 Å². The highest BCUT2D eigenvalue weighted by molar-refractivity contribution is 9.10. The van der Waals surface area contributed by atoms with Gasteiger partial charge in [0, 0.05) is 18.7 Å². The van der Waals surface area contributed by atoms with Gasteiger partial charge in [-0.05, 0) is 48.0 Å². The highest BCUT2D eigenvalue weighted by Crippen LogP contribution is 2.26. The van der Waals surface area contributed by atoms with Crippen LogP contribution in [0.25, 0.3) is 0 Å². The van der Waals surface area contributed by atoms with E-state index in [4.69, 9.17) is 0 Å². The maximum Gasteiger partial charge on any atom is 0.283 e. The molecule has 0 fully saturated rings. The SMILES string of the molecule is CCN(CC(=O)NC(C)C)Cc1ccc(Br)c([N+](=O)[O-])c1. The van der Waals surface area contributed by atoms with Crippen LogP contribution in [0, 0.1) is 10.1 Å². The van der Waals surface area contributed by atoms with Crippen molar-refractivity contribution in [2.75, 3.05) is 13.1 Å². The molecule has 1 aromatic carbocycles. The Kier molecular flexibility index (Phi) is 6.77. The molecule has 1 amide bonds. The molecule has 0 saturated carbocycles. The van der Waals surface area contributed by atoms with Crippen LogP contribution in [-0.4, -0.2) is 34.9 Å². The van der Waals surface area contributed by atoms with Crippen molar-refractivity contribution in [1.29, 1.82) is 0 Å². The summed E-state index contributed by atoms with van der Waals surface area (Å²) in [6.45, 7) is 7.23. The molecule has 0 bridgehead atoms. The molecule has 1 rings (SSSR count). The molecule has 0 aromatic heterocycles. The number of hydrogen-bond acceptors (Lipinski definition) is 4. The molecule has 0 aliphatic heterocycles. The van der Waals surface area contributed by atoms with Gasteiger partial charge in [0.05, 0.1) is 15.9 Å². The number of nitrogens with zero attached hydrogens (tertiary/aromatic N) is 2. The molecule has 1 aromatic rings. The van der Waals surface area contributed by atoms with E-state index in [-0.39, 0.29) is 24.2 Å². The summed E-state index contributed by atoms with van der Waals surface area (Å²) in [5.41, 5.74) is 0.847. The second-order valence-corrected chi connectivity index (χ2v) is 5.92. The van der Waals surface area contributed by atoms with E-state index in [0.717, 1.165) is 5.56 Å². The third-order valence-electron chi connectivity index (χ3n) is 2.88. The number of halogens is 1. The average molecular weight is 358 g/mol. The molecular formula is C14H20BrN3O3. The lowest BCUT2D eigenvalue weighted by Crippen LogP contribution is -2.39. The van der Waals surface area contributed by atoms with E-state index in [2.05, 4.69) is 21.2 Å². The molecule has 0 atom stereocenters. The number of nitrogens with one attached hydrogen (secondary N) is 1. The topological polar surface area (TPSA) is 75.5 Å². The highest BCUT2D eigenvalue weighted by atomic mass is 79.9. The molecule has 21 heavy (non-hydrogen) atoms. The van der Waals surface area contributed by atoms with Gasteiger partial charge in [-0.25, -0.2) is 0 Å². The van der Waals surface area contributed by atoms with Gasteiger partial charge in [0.15, 0.2) is 0 Å². The van der Waals surface area contributed by atoms with Crippen LogP contribution in [0.15, 0.2) is 22.7 Å². The van der Waals surface area contributed by atoms with Gasteiger partial charge in [0.1, 0.15) is 0 Å². The smallest absolute Gasteiger partial charge is 0.283 e. The molecular weight excluding hydrogens is 338 g/mol. The van der Waals surface area contributed by atoms with E-state index in [9.17, 15) is 14.9 Å². The van der Waals surface area contributed by atoms with E-state index in [0.29, 0.717) is 17.6 Å². The Morgan fingerprint density at radius 3 is 2.67 bits per heavy atom. The molecule has 1 N–H and O–H groups in total. The summed E-state index contributed by atoms with van der Waals surface area (Å²) < 4.78 is 0.455. The van der Waals surface area contributed by atoms with Gasteiger partial charge >= 0.3 is 0 Å². The van der Waals surface area contributed by atoms with E-state index in [1.807, 2.05) is 31.7 Å². The van der Waals surface area contributed by atoms with Crippen molar-refractivity contribution in [3.63, 3.8) is 0 Å². The zero-order valence-corrected chi connectivity index (χ0v) is 14.0. The first kappa shape index (κ1) is 17.6. The lowest BCUT2D eigenvalue weighted by molar-refractivity contribution is -0.385. The van der Waals surface area contributed by atoms with Gasteiger partial charge in [-0.1, -0.05) is 13.0 Å². The summed E-state index contributed by atoms with van der Waals surface area (Å²) in [6, 6.07) is 5.12. The second-order valence-electron chi connectivity index (χ2n) is 5.07. The largest absolute Gasteiger partial charge is 0.353 e. The molecule has 116 valence electrons. The van der Waals surface area contributed by atoms with Gasteiger partial charge in [-0.15, -0.1) is 0 Å². The Hall–Kier alpha value is -1.47. The minimum absolute atomic E-state index is 0.0372. The fourth-order valence-electron chi connectivity index (χ4n) is 1.90. The standard InChI is InChI=1S/C14H20BrN3O3/c1-4-17(9-14(19)16-10(2)3)8-11-5-6-12(15)13(7-11)18(20)21/h5-7,10H,4,8-9H2,1-3H3,(H,16,19). The van der Waals surface area contributed by atoms with Crippen molar-refractivity contribution in [1.82, 2.24) is 10.2 Å². The van der Waals surface area contributed by atoms with Crippen LogP contribution >= 0.6 is 15.9 Å². The van der Waals surface area contributed by atoms with E-state index in [1.165, 1.54) is 6.07 Å². The van der Waals surface area contributed by atoms with Crippen molar-refractivity contribution < 1.29 is 9.72 Å². The van der Waals surface area contributed by atoms with Crippen molar-refractivity contribution in [2.24, 2.45) is 0 Å². The summed E-state index contributed by atoms with van der Waals surface area (Å²) in [5.74, 6) is -0.0431. The zero-order valence-electron chi connectivity index (χ0n) is 12.4. The monoisotopic (exact) mass is 357 g/mol. The van der Waals surface area contributed by atoms with Crippen LogP contribution in [0.1, 0.15) is 26.3 Å². The van der Waals surface area contributed by atoms with Crippen molar-refractivity contribution >= 4 is 27.5 Å². The molecule has 0 radical (unpaired) electrons. The summed E-state index contributed by atoms with van der Waals surface area (Å²) in [4.78, 5) is 24.2. The minimum atomic E-state index is -0.421. The molecule has 0 aliphatic rings. The van der Waals surface area contributed by atoms with Gasteiger partial charge in [-0.3, -0.25) is 19.8 Å². The quantitative estimate of drug-likeness (QED) is 0.601. The van der Waals surface area contributed by atoms with E-state index in [1.54, 1.807) is 6.07 Å². The van der Waals surface area contributed by atoms with Crippen LogP contribution in [0.3, 0.4) is 0 Å². The molecule has 0 unspecified atom stereocenters. The summed E-state index contributed by atoms with van der Waals surface area (Å²) in [7, 11) is 0. The fraction of sp³-hybridized carbons (Fsp3) is 0.500. The number of hydrogen-bond donors (Lipinski definition) is 1. The first-order chi connectivity index (χ1) is 9.83. The Balaban J connectivity index is 2.75. The van der Waals surface area contributed by atoms with Crippen molar-refractivity contribution in [3.05, 3.63) is 38.3 Å². The summed E-state index contributed by atoms with van der Waals surface area (Å²) in [5, 5.41) is 13.8. The van der Waals surface area contributed by atoms with Crippen molar-refractivity contribution in [2.45, 2.75) is 33.4 Å². The van der Waals surface area contributed by atoms with Gasteiger partial charge in [0.2, 0.25) is 5.91 Å².